The second-order valence-corrected chi connectivity index (χ2v) is 4.09. The van der Waals surface area contributed by atoms with Crippen molar-refractivity contribution in [3.63, 3.8) is 0 Å². The number of hydrogen-bond donors (Lipinski definition) is 1. The molecule has 1 heterocycles. The Labute approximate surface area is 105 Å². The van der Waals surface area contributed by atoms with Crippen LogP contribution in [-0.4, -0.2) is 11.5 Å². The van der Waals surface area contributed by atoms with E-state index >= 15 is 0 Å². The molecule has 2 aromatic rings. The summed E-state index contributed by atoms with van der Waals surface area (Å²) in [7, 11) is 0. The summed E-state index contributed by atoms with van der Waals surface area (Å²) in [5, 5.41) is 13.8. The van der Waals surface area contributed by atoms with Gasteiger partial charge in [0.2, 0.25) is 6.54 Å². The van der Waals surface area contributed by atoms with Crippen LogP contribution in [0.4, 0.5) is 5.69 Å². The first kappa shape index (κ1) is 12.2. The predicted molar refractivity (Wildman–Crippen MR) is 68.1 cm³/mol. The number of nitro groups is 1. The lowest BCUT2D eigenvalue weighted by Gasteiger charge is -2.14. The maximum absolute atomic E-state index is 10.7. The summed E-state index contributed by atoms with van der Waals surface area (Å²) in [6.07, 6.45) is 1.51. The molecule has 1 unspecified atom stereocenters. The molecule has 1 aromatic carbocycles. The summed E-state index contributed by atoms with van der Waals surface area (Å²) in [6, 6.07) is 10.7. The first-order valence-electron chi connectivity index (χ1n) is 5.63. The van der Waals surface area contributed by atoms with Crippen molar-refractivity contribution in [2.75, 3.05) is 11.9 Å². The molecule has 0 amide bonds. The molecular formula is C13H14N2O3. The van der Waals surface area contributed by atoms with E-state index in [-0.39, 0.29) is 11.5 Å². The number of aryl methyl sites for hydroxylation is 1. The molecule has 2 rings (SSSR count). The Morgan fingerprint density at radius 3 is 2.61 bits per heavy atom. The van der Waals surface area contributed by atoms with E-state index in [1.54, 1.807) is 12.1 Å². The fourth-order valence-corrected chi connectivity index (χ4v) is 1.70. The van der Waals surface area contributed by atoms with Crippen molar-refractivity contribution in [2.24, 2.45) is 0 Å². The molecule has 1 aromatic heterocycles. The molecule has 0 fully saturated rings. The summed E-state index contributed by atoms with van der Waals surface area (Å²) in [5.41, 5.74) is 1.98. The lowest BCUT2D eigenvalue weighted by molar-refractivity contribution is -0.482. The van der Waals surface area contributed by atoms with Gasteiger partial charge in [-0.3, -0.25) is 10.1 Å². The molecule has 1 N–H and O–H groups in total. The van der Waals surface area contributed by atoms with Crippen LogP contribution in [0.2, 0.25) is 0 Å². The summed E-state index contributed by atoms with van der Waals surface area (Å²) in [5.74, 6) is 0.562. The molecule has 0 aliphatic heterocycles. The van der Waals surface area contributed by atoms with Gasteiger partial charge in [0.15, 0.2) is 0 Å². The molecule has 0 aliphatic carbocycles. The van der Waals surface area contributed by atoms with Crippen LogP contribution < -0.4 is 5.32 Å². The van der Waals surface area contributed by atoms with Crippen LogP contribution in [-0.2, 0) is 0 Å². The van der Waals surface area contributed by atoms with Crippen molar-refractivity contribution in [1.82, 2.24) is 0 Å². The molecule has 5 nitrogen and oxygen atoms in total. The maximum atomic E-state index is 10.7. The van der Waals surface area contributed by atoms with Gasteiger partial charge >= 0.3 is 0 Å². The van der Waals surface area contributed by atoms with Crippen LogP contribution in [0.3, 0.4) is 0 Å². The number of anilines is 1. The van der Waals surface area contributed by atoms with E-state index in [9.17, 15) is 10.1 Å². The SMILES string of the molecule is Cc1ccc(NC(C[N+](=O)[O-])c2ccco2)cc1. The van der Waals surface area contributed by atoms with E-state index in [1.165, 1.54) is 6.26 Å². The molecule has 0 spiro atoms. The van der Waals surface area contributed by atoms with Gasteiger partial charge in [0.05, 0.1) is 6.26 Å². The fourth-order valence-electron chi connectivity index (χ4n) is 1.70. The number of nitrogens with one attached hydrogen (secondary N) is 1. The Morgan fingerprint density at radius 2 is 2.06 bits per heavy atom. The molecule has 5 heteroatoms. The van der Waals surface area contributed by atoms with Gasteiger partial charge in [0.25, 0.3) is 0 Å². The third-order valence-corrected chi connectivity index (χ3v) is 2.61. The summed E-state index contributed by atoms with van der Waals surface area (Å²) < 4.78 is 5.23. The largest absolute Gasteiger partial charge is 0.467 e. The Hall–Kier alpha value is -2.30. The van der Waals surface area contributed by atoms with Gasteiger partial charge in [0.1, 0.15) is 11.8 Å². The van der Waals surface area contributed by atoms with Crippen LogP contribution in [0.25, 0.3) is 0 Å². The molecule has 0 saturated carbocycles. The van der Waals surface area contributed by atoms with E-state index in [2.05, 4.69) is 5.32 Å². The van der Waals surface area contributed by atoms with Gasteiger partial charge in [-0.2, -0.15) is 0 Å². The van der Waals surface area contributed by atoms with Gasteiger partial charge < -0.3 is 9.73 Å². The van der Waals surface area contributed by atoms with Gasteiger partial charge in [-0.05, 0) is 31.2 Å². The minimum absolute atomic E-state index is 0.221. The molecule has 0 bridgehead atoms. The summed E-state index contributed by atoms with van der Waals surface area (Å²) >= 11 is 0. The van der Waals surface area contributed by atoms with Crippen LogP contribution in [0.5, 0.6) is 0 Å². The smallest absolute Gasteiger partial charge is 0.231 e. The fraction of sp³-hybridized carbons (Fsp3) is 0.231. The number of nitrogens with zero attached hydrogens (tertiary/aromatic N) is 1. The number of benzene rings is 1. The van der Waals surface area contributed by atoms with E-state index in [0.717, 1.165) is 11.3 Å². The van der Waals surface area contributed by atoms with Crippen molar-refractivity contribution in [1.29, 1.82) is 0 Å². The number of furan rings is 1. The third kappa shape index (κ3) is 3.10. The highest BCUT2D eigenvalue weighted by atomic mass is 16.6. The lowest BCUT2D eigenvalue weighted by atomic mass is 10.2. The van der Waals surface area contributed by atoms with E-state index in [0.29, 0.717) is 5.76 Å². The zero-order valence-electron chi connectivity index (χ0n) is 10.00. The maximum Gasteiger partial charge on any atom is 0.231 e. The van der Waals surface area contributed by atoms with Crippen LogP contribution in [0.15, 0.2) is 47.1 Å². The Bertz CT molecular complexity index is 506. The average Bonchev–Trinajstić information content (AvgIpc) is 2.84. The second kappa shape index (κ2) is 5.35. The molecule has 18 heavy (non-hydrogen) atoms. The van der Waals surface area contributed by atoms with Crippen molar-refractivity contribution >= 4 is 5.69 Å². The van der Waals surface area contributed by atoms with Crippen molar-refractivity contribution in [3.05, 3.63) is 64.1 Å². The van der Waals surface area contributed by atoms with Gasteiger partial charge in [-0.25, -0.2) is 0 Å². The Morgan fingerprint density at radius 1 is 1.33 bits per heavy atom. The molecular weight excluding hydrogens is 232 g/mol. The first-order valence-corrected chi connectivity index (χ1v) is 5.63. The van der Waals surface area contributed by atoms with Crippen LogP contribution >= 0.6 is 0 Å². The highest BCUT2D eigenvalue weighted by molar-refractivity contribution is 5.46. The molecule has 0 aliphatic rings. The third-order valence-electron chi connectivity index (χ3n) is 2.61. The van der Waals surface area contributed by atoms with E-state index < -0.39 is 6.04 Å². The van der Waals surface area contributed by atoms with Gasteiger partial charge in [-0.15, -0.1) is 0 Å². The molecule has 0 saturated heterocycles. The van der Waals surface area contributed by atoms with Gasteiger partial charge in [0, 0.05) is 10.6 Å². The number of rotatable bonds is 5. The lowest BCUT2D eigenvalue weighted by Crippen LogP contribution is -2.19. The van der Waals surface area contributed by atoms with E-state index in [4.69, 9.17) is 4.42 Å². The quantitative estimate of drug-likeness (QED) is 0.650. The minimum atomic E-state index is -0.460. The second-order valence-electron chi connectivity index (χ2n) is 4.09. The molecule has 94 valence electrons. The Kier molecular flexibility index (Phi) is 3.62. The van der Waals surface area contributed by atoms with E-state index in [1.807, 2.05) is 31.2 Å². The zero-order valence-corrected chi connectivity index (χ0v) is 10.00. The van der Waals surface area contributed by atoms with Gasteiger partial charge in [-0.1, -0.05) is 17.7 Å². The number of hydrogen-bond acceptors (Lipinski definition) is 4. The highest BCUT2D eigenvalue weighted by Gasteiger charge is 2.20. The molecule has 0 radical (unpaired) electrons. The first-order chi connectivity index (χ1) is 8.65. The summed E-state index contributed by atoms with van der Waals surface area (Å²) in [4.78, 5) is 10.3. The normalized spacial score (nSPS) is 12.1. The monoisotopic (exact) mass is 246 g/mol. The molecule has 1 atom stereocenters. The average molecular weight is 246 g/mol. The topological polar surface area (TPSA) is 68.3 Å². The van der Waals surface area contributed by atoms with Crippen LogP contribution in [0, 0.1) is 17.0 Å². The predicted octanol–water partition coefficient (Wildman–Crippen LogP) is 3.02. The van der Waals surface area contributed by atoms with Crippen molar-refractivity contribution < 1.29 is 9.34 Å². The highest BCUT2D eigenvalue weighted by Crippen LogP contribution is 2.20. The van der Waals surface area contributed by atoms with Crippen molar-refractivity contribution in [2.45, 2.75) is 13.0 Å². The Balaban J connectivity index is 2.15. The van der Waals surface area contributed by atoms with Crippen LogP contribution in [0.1, 0.15) is 17.4 Å². The van der Waals surface area contributed by atoms with Crippen molar-refractivity contribution in [3.8, 4) is 0 Å². The minimum Gasteiger partial charge on any atom is -0.467 e. The standard InChI is InChI=1S/C13H14N2O3/c1-10-4-6-11(7-5-10)14-12(9-15(16)17)13-3-2-8-18-13/h2-8,12,14H,9H2,1H3. The zero-order chi connectivity index (χ0) is 13.0. The summed E-state index contributed by atoms with van der Waals surface area (Å²) in [6.45, 7) is 1.77.